The lowest BCUT2D eigenvalue weighted by atomic mass is 10.1. The maximum Gasteiger partial charge on any atom is 0.258 e. The van der Waals surface area contributed by atoms with Crippen molar-refractivity contribution >= 4 is 33.4 Å². The van der Waals surface area contributed by atoms with Gasteiger partial charge in [0.2, 0.25) is 0 Å². The molecule has 1 N–H and O–H groups in total. The zero-order valence-corrected chi connectivity index (χ0v) is 18.4. The predicted molar refractivity (Wildman–Crippen MR) is 123 cm³/mol. The number of methoxy groups -OCH3 is 1. The fraction of sp³-hybridized carbons (Fsp3) is 0.130. The monoisotopic (exact) mass is 445 g/mol. The van der Waals surface area contributed by atoms with Gasteiger partial charge < -0.3 is 9.15 Å². The van der Waals surface area contributed by atoms with Gasteiger partial charge in [-0.25, -0.2) is 9.97 Å². The number of nitrogens with zero attached hydrogens (tertiary/aromatic N) is 4. The van der Waals surface area contributed by atoms with Crippen molar-refractivity contribution in [3.63, 3.8) is 0 Å². The molecule has 32 heavy (non-hydrogen) atoms. The Bertz CT molecular complexity index is 1420. The topological polar surface area (TPSA) is 95.1 Å². The quantitative estimate of drug-likeness (QED) is 0.413. The van der Waals surface area contributed by atoms with Crippen LogP contribution in [0.15, 0.2) is 58.5 Å². The number of carbonyl (C=O) groups excluding carboxylic acids is 1. The van der Waals surface area contributed by atoms with E-state index in [0.29, 0.717) is 33.2 Å². The molecule has 1 aromatic carbocycles. The lowest BCUT2D eigenvalue weighted by Gasteiger charge is -2.07. The minimum absolute atomic E-state index is 0.281. The molecule has 0 bridgehead atoms. The molecule has 0 saturated heterocycles. The second-order valence-corrected chi connectivity index (χ2v) is 8.02. The first-order valence-corrected chi connectivity index (χ1v) is 10.7. The summed E-state index contributed by atoms with van der Waals surface area (Å²) in [5, 5.41) is 10.5. The molecule has 0 unspecified atom stereocenters. The number of anilines is 1. The van der Waals surface area contributed by atoms with Gasteiger partial charge in [0.1, 0.15) is 11.4 Å². The van der Waals surface area contributed by atoms with Crippen molar-refractivity contribution in [1.82, 2.24) is 19.7 Å². The van der Waals surface area contributed by atoms with Crippen LogP contribution in [0.25, 0.3) is 33.7 Å². The molecule has 5 aromatic rings. The van der Waals surface area contributed by atoms with Crippen LogP contribution < -0.4 is 10.1 Å². The molecule has 160 valence electrons. The predicted octanol–water partition coefficient (Wildman–Crippen LogP) is 4.92. The van der Waals surface area contributed by atoms with Gasteiger partial charge in [0, 0.05) is 18.0 Å². The Hall–Kier alpha value is -3.98. The van der Waals surface area contributed by atoms with E-state index < -0.39 is 0 Å². The summed E-state index contributed by atoms with van der Waals surface area (Å²) >= 11 is 1.36. The fourth-order valence-corrected chi connectivity index (χ4v) is 4.28. The molecule has 4 heterocycles. The fourth-order valence-electron chi connectivity index (χ4n) is 3.56. The molecule has 0 saturated carbocycles. The number of benzene rings is 1. The van der Waals surface area contributed by atoms with E-state index in [1.807, 2.05) is 36.6 Å². The number of carbonyl (C=O) groups is 1. The second-order valence-electron chi connectivity index (χ2n) is 7.16. The zero-order valence-electron chi connectivity index (χ0n) is 17.6. The van der Waals surface area contributed by atoms with Gasteiger partial charge >= 0.3 is 0 Å². The molecule has 0 aliphatic carbocycles. The SMILES string of the molecule is COc1ccc(-c2csc(NC(=O)c3cc(-c4ccco4)nc4c3c(C)nn4C)n2)cc1. The van der Waals surface area contributed by atoms with E-state index in [2.05, 4.69) is 20.4 Å². The molecule has 0 spiro atoms. The first-order chi connectivity index (χ1) is 15.5. The first kappa shape index (κ1) is 20.0. The molecule has 8 nitrogen and oxygen atoms in total. The summed E-state index contributed by atoms with van der Waals surface area (Å²) in [6.45, 7) is 1.86. The highest BCUT2D eigenvalue weighted by atomic mass is 32.1. The van der Waals surface area contributed by atoms with Crippen LogP contribution in [0, 0.1) is 6.92 Å². The number of hydrogen-bond donors (Lipinski definition) is 1. The second kappa shape index (κ2) is 7.93. The highest BCUT2D eigenvalue weighted by molar-refractivity contribution is 7.14. The number of pyridine rings is 1. The van der Waals surface area contributed by atoms with Gasteiger partial charge in [0.05, 0.1) is 35.7 Å². The van der Waals surface area contributed by atoms with Crippen LogP contribution in [0.4, 0.5) is 5.13 Å². The van der Waals surface area contributed by atoms with Gasteiger partial charge in [0.25, 0.3) is 5.91 Å². The van der Waals surface area contributed by atoms with Crippen molar-refractivity contribution in [1.29, 1.82) is 0 Å². The minimum atomic E-state index is -0.281. The van der Waals surface area contributed by atoms with Gasteiger partial charge in [-0.15, -0.1) is 11.3 Å². The maximum atomic E-state index is 13.3. The standard InChI is InChI=1S/C23H19N5O3S/c1-13-20-16(11-17(19-5-4-10-31-19)24-21(20)28(2)27-13)22(29)26-23-25-18(12-32-23)14-6-8-15(30-3)9-7-14/h4-12H,1-3H3,(H,25,26,29). The highest BCUT2D eigenvalue weighted by Gasteiger charge is 2.21. The first-order valence-electron chi connectivity index (χ1n) is 9.83. The molecule has 4 aromatic heterocycles. The summed E-state index contributed by atoms with van der Waals surface area (Å²) in [5.41, 5.74) is 4.09. The Balaban J connectivity index is 1.49. The number of thiazole rings is 1. The Labute approximate surface area is 187 Å². The molecule has 0 aliphatic rings. The highest BCUT2D eigenvalue weighted by Crippen LogP contribution is 2.30. The Morgan fingerprint density at radius 1 is 1.16 bits per heavy atom. The lowest BCUT2D eigenvalue weighted by molar-refractivity contribution is 0.102. The molecule has 0 aliphatic heterocycles. The maximum absolute atomic E-state index is 13.3. The lowest BCUT2D eigenvalue weighted by Crippen LogP contribution is -2.13. The zero-order chi connectivity index (χ0) is 22.2. The Morgan fingerprint density at radius 3 is 2.69 bits per heavy atom. The summed E-state index contributed by atoms with van der Waals surface area (Å²) in [6.07, 6.45) is 1.58. The number of aryl methyl sites for hydroxylation is 2. The van der Waals surface area contributed by atoms with E-state index in [9.17, 15) is 4.79 Å². The van der Waals surface area contributed by atoms with Gasteiger partial charge in [0.15, 0.2) is 16.5 Å². The van der Waals surface area contributed by atoms with E-state index in [1.165, 1.54) is 11.3 Å². The van der Waals surface area contributed by atoms with Crippen LogP contribution in [0.2, 0.25) is 0 Å². The van der Waals surface area contributed by atoms with Gasteiger partial charge in [-0.3, -0.25) is 14.8 Å². The number of aromatic nitrogens is 4. The third kappa shape index (κ3) is 3.52. The van der Waals surface area contributed by atoms with Crippen LogP contribution in [-0.2, 0) is 7.05 Å². The summed E-state index contributed by atoms with van der Waals surface area (Å²) in [6, 6.07) is 12.9. The molecule has 9 heteroatoms. The van der Waals surface area contributed by atoms with E-state index in [-0.39, 0.29) is 5.91 Å². The van der Waals surface area contributed by atoms with Crippen LogP contribution in [0.5, 0.6) is 5.75 Å². The largest absolute Gasteiger partial charge is 0.497 e. The van der Waals surface area contributed by atoms with Crippen molar-refractivity contribution < 1.29 is 13.9 Å². The summed E-state index contributed by atoms with van der Waals surface area (Å²) < 4.78 is 12.4. The Kier molecular flexibility index (Phi) is 4.95. The van der Waals surface area contributed by atoms with E-state index in [4.69, 9.17) is 9.15 Å². The Morgan fingerprint density at radius 2 is 1.97 bits per heavy atom. The number of fused-ring (bicyclic) bond motifs is 1. The van der Waals surface area contributed by atoms with Gasteiger partial charge in [-0.05, 0) is 49.4 Å². The van der Waals surface area contributed by atoms with Crippen molar-refractivity contribution in [2.75, 3.05) is 12.4 Å². The normalized spacial score (nSPS) is 11.1. The van der Waals surface area contributed by atoms with Crippen LogP contribution in [-0.4, -0.2) is 32.8 Å². The third-order valence-corrected chi connectivity index (χ3v) is 5.86. The number of hydrogen-bond acceptors (Lipinski definition) is 7. The number of ether oxygens (including phenoxy) is 1. The molecular formula is C23H19N5O3S. The molecule has 0 atom stereocenters. The molecular weight excluding hydrogens is 426 g/mol. The smallest absolute Gasteiger partial charge is 0.258 e. The molecule has 0 radical (unpaired) electrons. The summed E-state index contributed by atoms with van der Waals surface area (Å²) in [4.78, 5) is 22.5. The number of furan rings is 1. The van der Waals surface area contributed by atoms with Crippen molar-refractivity contribution in [2.24, 2.45) is 7.05 Å². The van der Waals surface area contributed by atoms with Crippen LogP contribution in [0.1, 0.15) is 16.1 Å². The van der Waals surface area contributed by atoms with E-state index in [1.54, 1.807) is 43.3 Å². The molecule has 5 rings (SSSR count). The van der Waals surface area contributed by atoms with Crippen LogP contribution in [0.3, 0.4) is 0 Å². The molecule has 0 fully saturated rings. The molecule has 1 amide bonds. The third-order valence-electron chi connectivity index (χ3n) is 5.10. The van der Waals surface area contributed by atoms with Gasteiger partial charge in [-0.2, -0.15) is 5.10 Å². The number of nitrogens with one attached hydrogen (secondary N) is 1. The van der Waals surface area contributed by atoms with E-state index in [0.717, 1.165) is 22.7 Å². The van der Waals surface area contributed by atoms with Crippen molar-refractivity contribution in [2.45, 2.75) is 6.92 Å². The average Bonchev–Trinajstić information content (AvgIpc) is 3.55. The van der Waals surface area contributed by atoms with Gasteiger partial charge in [-0.1, -0.05) is 0 Å². The van der Waals surface area contributed by atoms with E-state index >= 15 is 0 Å². The van der Waals surface area contributed by atoms with Crippen molar-refractivity contribution in [3.05, 3.63) is 65.4 Å². The minimum Gasteiger partial charge on any atom is -0.497 e. The number of amides is 1. The summed E-state index contributed by atoms with van der Waals surface area (Å²) in [5.74, 6) is 1.08. The summed E-state index contributed by atoms with van der Waals surface area (Å²) in [7, 11) is 3.43. The average molecular weight is 446 g/mol. The number of rotatable bonds is 5. The van der Waals surface area contributed by atoms with Crippen LogP contribution >= 0.6 is 11.3 Å². The van der Waals surface area contributed by atoms with Crippen molar-refractivity contribution in [3.8, 4) is 28.5 Å².